The molecule has 0 unspecified atom stereocenters. The molecule has 2 aromatic heterocycles. The fraction of sp³-hybridized carbons (Fsp3) is 0.231. The van der Waals surface area contributed by atoms with Crippen LogP contribution < -0.4 is 10.6 Å². The van der Waals surface area contributed by atoms with Gasteiger partial charge in [0.15, 0.2) is 0 Å². The third kappa shape index (κ3) is 3.64. The first kappa shape index (κ1) is 14.2. The number of hydrogen-bond acceptors (Lipinski definition) is 5. The molecule has 104 valence electrons. The molecule has 0 saturated carbocycles. The summed E-state index contributed by atoms with van der Waals surface area (Å²) in [5.41, 5.74) is 1.19. The highest BCUT2D eigenvalue weighted by molar-refractivity contribution is 6.29. The Morgan fingerprint density at radius 2 is 2.15 bits per heavy atom. The van der Waals surface area contributed by atoms with Crippen LogP contribution in [0.15, 0.2) is 24.4 Å². The molecule has 0 aliphatic heterocycles. The zero-order valence-electron chi connectivity index (χ0n) is 11.1. The molecule has 1 amide bonds. The molecule has 0 spiro atoms. The van der Waals surface area contributed by atoms with E-state index in [0.717, 1.165) is 5.69 Å². The van der Waals surface area contributed by atoms with Crippen molar-refractivity contribution in [3.63, 3.8) is 0 Å². The van der Waals surface area contributed by atoms with Gasteiger partial charge in [-0.3, -0.25) is 4.79 Å². The van der Waals surface area contributed by atoms with E-state index in [-0.39, 0.29) is 11.1 Å². The Morgan fingerprint density at radius 1 is 1.35 bits per heavy atom. The quantitative estimate of drug-likeness (QED) is 0.840. The summed E-state index contributed by atoms with van der Waals surface area (Å²) < 4.78 is 0. The first-order valence-electron chi connectivity index (χ1n) is 6.00. The smallest absolute Gasteiger partial charge is 0.251 e. The summed E-state index contributed by atoms with van der Waals surface area (Å²) in [5.74, 6) is 0.976. The van der Waals surface area contributed by atoms with Gasteiger partial charge in [-0.1, -0.05) is 11.6 Å². The van der Waals surface area contributed by atoms with Gasteiger partial charge in [0.1, 0.15) is 16.8 Å². The maximum Gasteiger partial charge on any atom is 0.251 e. The minimum atomic E-state index is -0.234. The van der Waals surface area contributed by atoms with Gasteiger partial charge in [0.25, 0.3) is 5.91 Å². The third-order valence-electron chi connectivity index (χ3n) is 2.58. The molecule has 2 heterocycles. The zero-order chi connectivity index (χ0) is 14.5. The summed E-state index contributed by atoms with van der Waals surface area (Å²) >= 11 is 5.86. The van der Waals surface area contributed by atoms with Crippen molar-refractivity contribution in [2.45, 2.75) is 13.5 Å². The number of rotatable bonds is 4. The highest BCUT2D eigenvalue weighted by Gasteiger charge is 2.09. The minimum Gasteiger partial charge on any atom is -0.373 e. The first-order chi connectivity index (χ1) is 9.58. The lowest BCUT2D eigenvalue weighted by molar-refractivity contribution is 0.0950. The van der Waals surface area contributed by atoms with Crippen molar-refractivity contribution >= 4 is 23.3 Å². The Bertz CT molecular complexity index is 632. The Kier molecular flexibility index (Phi) is 4.47. The van der Waals surface area contributed by atoms with Crippen LogP contribution in [0.1, 0.15) is 21.9 Å². The normalized spacial score (nSPS) is 10.2. The van der Waals surface area contributed by atoms with Gasteiger partial charge in [0, 0.05) is 18.8 Å². The Morgan fingerprint density at radius 3 is 2.85 bits per heavy atom. The van der Waals surface area contributed by atoms with E-state index in [1.54, 1.807) is 32.3 Å². The van der Waals surface area contributed by atoms with Gasteiger partial charge in [-0.05, 0) is 25.1 Å². The largest absolute Gasteiger partial charge is 0.373 e. The molecule has 20 heavy (non-hydrogen) atoms. The molecule has 6 nitrogen and oxygen atoms in total. The number of carbonyl (C=O) groups is 1. The predicted molar refractivity (Wildman–Crippen MR) is 76.7 cm³/mol. The maximum atomic E-state index is 12.1. The van der Waals surface area contributed by atoms with E-state index in [4.69, 9.17) is 11.6 Å². The summed E-state index contributed by atoms with van der Waals surface area (Å²) in [5, 5.41) is 5.89. The highest BCUT2D eigenvalue weighted by atomic mass is 35.5. The van der Waals surface area contributed by atoms with Gasteiger partial charge in [-0.2, -0.15) is 0 Å². The fourth-order valence-corrected chi connectivity index (χ4v) is 1.84. The van der Waals surface area contributed by atoms with Crippen molar-refractivity contribution in [3.05, 3.63) is 46.6 Å². The summed E-state index contributed by atoms with van der Waals surface area (Å²) in [6.07, 6.45) is 1.66. The number of nitrogens with one attached hydrogen (secondary N) is 2. The van der Waals surface area contributed by atoms with Crippen molar-refractivity contribution in [2.75, 3.05) is 12.4 Å². The van der Waals surface area contributed by atoms with Gasteiger partial charge in [-0.25, -0.2) is 15.0 Å². The Labute approximate surface area is 121 Å². The van der Waals surface area contributed by atoms with E-state index >= 15 is 0 Å². The van der Waals surface area contributed by atoms with Crippen LogP contribution in [-0.4, -0.2) is 27.9 Å². The summed E-state index contributed by atoms with van der Waals surface area (Å²) in [6.45, 7) is 2.13. The standard InChI is InChI=1S/C13H14ClN5O/c1-8-16-4-3-10(18-8)7-17-13(20)9-5-11(14)19-12(6-9)15-2/h3-6H,7H2,1-2H3,(H,15,19)(H,17,20). The van der Waals surface area contributed by atoms with Crippen molar-refractivity contribution in [3.8, 4) is 0 Å². The minimum absolute atomic E-state index is 0.234. The number of carbonyl (C=O) groups excluding carboxylic acids is 1. The number of aryl methyl sites for hydroxylation is 1. The molecule has 0 saturated heterocycles. The van der Waals surface area contributed by atoms with Gasteiger partial charge in [0.2, 0.25) is 0 Å². The van der Waals surface area contributed by atoms with Crippen LogP contribution in [0, 0.1) is 6.92 Å². The number of pyridine rings is 1. The second kappa shape index (κ2) is 6.29. The van der Waals surface area contributed by atoms with Crippen LogP contribution >= 0.6 is 11.6 Å². The van der Waals surface area contributed by atoms with Crippen molar-refractivity contribution in [1.82, 2.24) is 20.3 Å². The number of nitrogens with zero attached hydrogens (tertiary/aromatic N) is 3. The predicted octanol–water partition coefficient (Wildman–Crippen LogP) is 1.81. The number of amides is 1. The highest BCUT2D eigenvalue weighted by Crippen LogP contribution is 2.14. The third-order valence-corrected chi connectivity index (χ3v) is 2.77. The maximum absolute atomic E-state index is 12.1. The van der Waals surface area contributed by atoms with Gasteiger partial charge in [-0.15, -0.1) is 0 Å². The average molecular weight is 292 g/mol. The zero-order valence-corrected chi connectivity index (χ0v) is 11.9. The molecule has 7 heteroatoms. The summed E-state index contributed by atoms with van der Waals surface area (Å²) in [7, 11) is 1.71. The van der Waals surface area contributed by atoms with Crippen LogP contribution in [0.4, 0.5) is 5.82 Å². The van der Waals surface area contributed by atoms with E-state index in [9.17, 15) is 4.79 Å². The van der Waals surface area contributed by atoms with Crippen LogP contribution in [-0.2, 0) is 6.54 Å². The van der Waals surface area contributed by atoms with Crippen LogP contribution in [0.2, 0.25) is 5.15 Å². The van der Waals surface area contributed by atoms with Gasteiger partial charge < -0.3 is 10.6 Å². The molecule has 2 N–H and O–H groups in total. The number of hydrogen-bond donors (Lipinski definition) is 2. The van der Waals surface area contributed by atoms with Crippen molar-refractivity contribution in [1.29, 1.82) is 0 Å². The molecule has 2 aromatic rings. The van der Waals surface area contributed by atoms with E-state index in [2.05, 4.69) is 25.6 Å². The molecule has 0 fully saturated rings. The van der Waals surface area contributed by atoms with Crippen molar-refractivity contribution < 1.29 is 4.79 Å². The second-order valence-electron chi connectivity index (χ2n) is 4.09. The lowest BCUT2D eigenvalue weighted by Gasteiger charge is -2.07. The SMILES string of the molecule is CNc1cc(C(=O)NCc2ccnc(C)n2)cc(Cl)n1. The number of halogens is 1. The van der Waals surface area contributed by atoms with Crippen molar-refractivity contribution in [2.24, 2.45) is 0 Å². The Balaban J connectivity index is 2.07. The number of aromatic nitrogens is 3. The molecule has 0 aliphatic rings. The van der Waals surface area contributed by atoms with Gasteiger partial charge in [0.05, 0.1) is 12.2 Å². The van der Waals surface area contributed by atoms with E-state index in [1.807, 2.05) is 0 Å². The van der Waals surface area contributed by atoms with E-state index < -0.39 is 0 Å². The molecule has 0 aromatic carbocycles. The monoisotopic (exact) mass is 291 g/mol. The van der Waals surface area contributed by atoms with E-state index in [0.29, 0.717) is 23.8 Å². The van der Waals surface area contributed by atoms with Crippen LogP contribution in [0.5, 0.6) is 0 Å². The number of anilines is 1. The molecular formula is C13H14ClN5O. The van der Waals surface area contributed by atoms with Crippen LogP contribution in [0.25, 0.3) is 0 Å². The van der Waals surface area contributed by atoms with Gasteiger partial charge >= 0.3 is 0 Å². The molecule has 0 aliphatic carbocycles. The Hall–Kier alpha value is -2.21. The molecule has 0 radical (unpaired) electrons. The lowest BCUT2D eigenvalue weighted by atomic mass is 10.2. The second-order valence-corrected chi connectivity index (χ2v) is 4.48. The summed E-state index contributed by atoms with van der Waals surface area (Å²) in [6, 6.07) is 4.90. The van der Waals surface area contributed by atoms with E-state index in [1.165, 1.54) is 6.07 Å². The van der Waals surface area contributed by atoms with Crippen LogP contribution in [0.3, 0.4) is 0 Å². The average Bonchev–Trinajstić information content (AvgIpc) is 2.44. The first-order valence-corrected chi connectivity index (χ1v) is 6.38. The molecular weight excluding hydrogens is 278 g/mol. The summed E-state index contributed by atoms with van der Waals surface area (Å²) in [4.78, 5) is 24.3. The molecule has 2 rings (SSSR count). The molecule has 0 atom stereocenters. The topological polar surface area (TPSA) is 79.8 Å². The lowest BCUT2D eigenvalue weighted by Crippen LogP contribution is -2.23. The molecule has 0 bridgehead atoms. The fourth-order valence-electron chi connectivity index (χ4n) is 1.63.